The van der Waals surface area contributed by atoms with Crippen LogP contribution in [-0.2, 0) is 4.79 Å². The van der Waals surface area contributed by atoms with Crippen molar-refractivity contribution in [3.63, 3.8) is 0 Å². The number of hydrogen-bond acceptors (Lipinski definition) is 3. The van der Waals surface area contributed by atoms with E-state index in [1.54, 1.807) is 54.6 Å². The Morgan fingerprint density at radius 2 is 1.66 bits per heavy atom. The van der Waals surface area contributed by atoms with E-state index in [0.29, 0.717) is 16.9 Å². The Hall–Kier alpha value is -3.64. The number of nitrogens with one attached hydrogen (secondary N) is 1. The van der Waals surface area contributed by atoms with Gasteiger partial charge < -0.3 is 15.8 Å². The molecule has 0 heterocycles. The second kappa shape index (κ2) is 9.03. The number of nitrogens with two attached hydrogens (primary N) is 1. The van der Waals surface area contributed by atoms with Crippen LogP contribution in [0, 0.1) is 5.82 Å². The van der Waals surface area contributed by atoms with Crippen LogP contribution in [0.1, 0.15) is 15.9 Å². The average molecular weight is 411 g/mol. The van der Waals surface area contributed by atoms with E-state index in [0.717, 1.165) is 0 Å². The highest BCUT2D eigenvalue weighted by Gasteiger charge is 2.12. The SMILES string of the molecule is NC(=O)C(=Cc1ccc(Oc2c(F)cccc2Cl)cc1)NC(=O)c1ccccc1. The number of ether oxygens (including phenoxy) is 1. The summed E-state index contributed by atoms with van der Waals surface area (Å²) in [6.45, 7) is 0. The predicted octanol–water partition coefficient (Wildman–Crippen LogP) is 4.53. The first kappa shape index (κ1) is 20.1. The predicted molar refractivity (Wildman–Crippen MR) is 109 cm³/mol. The molecule has 3 aromatic rings. The molecular weight excluding hydrogens is 395 g/mol. The molecule has 0 unspecified atom stereocenters. The van der Waals surface area contributed by atoms with E-state index in [9.17, 15) is 14.0 Å². The second-order valence-corrected chi connectivity index (χ2v) is 6.37. The van der Waals surface area contributed by atoms with E-state index in [1.165, 1.54) is 24.3 Å². The number of rotatable bonds is 6. The third kappa shape index (κ3) is 5.21. The Bertz CT molecular complexity index is 1050. The van der Waals surface area contributed by atoms with Crippen LogP contribution in [0.5, 0.6) is 11.5 Å². The third-order valence-electron chi connectivity index (χ3n) is 3.88. The molecule has 3 N–H and O–H groups in total. The molecule has 0 aliphatic rings. The van der Waals surface area contributed by atoms with Crippen LogP contribution < -0.4 is 15.8 Å². The van der Waals surface area contributed by atoms with Crippen molar-refractivity contribution >= 4 is 29.5 Å². The molecule has 0 aliphatic heterocycles. The monoisotopic (exact) mass is 410 g/mol. The summed E-state index contributed by atoms with van der Waals surface area (Å²) < 4.78 is 19.3. The third-order valence-corrected chi connectivity index (χ3v) is 4.18. The maximum absolute atomic E-state index is 13.8. The van der Waals surface area contributed by atoms with Gasteiger partial charge >= 0.3 is 0 Å². The number of para-hydroxylation sites is 1. The summed E-state index contributed by atoms with van der Waals surface area (Å²) in [6, 6.07) is 19.1. The van der Waals surface area contributed by atoms with Crippen LogP contribution in [0.4, 0.5) is 4.39 Å². The van der Waals surface area contributed by atoms with Gasteiger partial charge in [-0.2, -0.15) is 0 Å². The molecule has 7 heteroatoms. The lowest BCUT2D eigenvalue weighted by Crippen LogP contribution is -2.31. The summed E-state index contributed by atoms with van der Waals surface area (Å²) >= 11 is 5.95. The van der Waals surface area contributed by atoms with Gasteiger partial charge in [0.25, 0.3) is 11.8 Å². The van der Waals surface area contributed by atoms with Gasteiger partial charge in [-0.25, -0.2) is 4.39 Å². The molecule has 29 heavy (non-hydrogen) atoms. The number of amides is 2. The van der Waals surface area contributed by atoms with E-state index in [4.69, 9.17) is 22.1 Å². The molecule has 3 aromatic carbocycles. The standard InChI is InChI=1S/C22H16ClFN2O3/c23-17-7-4-8-18(24)20(17)29-16-11-9-14(10-12-16)13-19(21(25)27)26-22(28)15-5-2-1-3-6-15/h1-13H,(H2,25,27)(H,26,28). The highest BCUT2D eigenvalue weighted by atomic mass is 35.5. The van der Waals surface area contributed by atoms with E-state index < -0.39 is 17.6 Å². The Balaban J connectivity index is 1.77. The first-order valence-electron chi connectivity index (χ1n) is 8.54. The summed E-state index contributed by atoms with van der Waals surface area (Å²) in [5.74, 6) is -1.55. The van der Waals surface area contributed by atoms with E-state index in [1.807, 2.05) is 0 Å². The second-order valence-electron chi connectivity index (χ2n) is 5.96. The zero-order valence-electron chi connectivity index (χ0n) is 15.1. The van der Waals surface area contributed by atoms with Gasteiger partial charge in [0.2, 0.25) is 0 Å². The van der Waals surface area contributed by atoms with Crippen molar-refractivity contribution < 1.29 is 18.7 Å². The van der Waals surface area contributed by atoms with E-state index in [-0.39, 0.29) is 16.5 Å². The van der Waals surface area contributed by atoms with Gasteiger partial charge in [-0.3, -0.25) is 9.59 Å². The van der Waals surface area contributed by atoms with Crippen molar-refractivity contribution in [1.29, 1.82) is 0 Å². The Morgan fingerprint density at radius 3 is 2.28 bits per heavy atom. The molecule has 0 saturated heterocycles. The van der Waals surface area contributed by atoms with E-state index >= 15 is 0 Å². The molecule has 5 nitrogen and oxygen atoms in total. The largest absolute Gasteiger partial charge is 0.453 e. The van der Waals surface area contributed by atoms with Crippen molar-refractivity contribution in [2.45, 2.75) is 0 Å². The maximum atomic E-state index is 13.8. The van der Waals surface area contributed by atoms with Crippen LogP contribution in [0.25, 0.3) is 6.08 Å². The van der Waals surface area contributed by atoms with Gasteiger partial charge in [0.1, 0.15) is 11.4 Å². The van der Waals surface area contributed by atoms with Crippen LogP contribution in [0.3, 0.4) is 0 Å². The number of carbonyl (C=O) groups excluding carboxylic acids is 2. The summed E-state index contributed by atoms with van der Waals surface area (Å²) in [7, 11) is 0. The van der Waals surface area contributed by atoms with Crippen molar-refractivity contribution in [1.82, 2.24) is 5.32 Å². The average Bonchev–Trinajstić information content (AvgIpc) is 2.72. The Labute approximate surface area is 171 Å². The summed E-state index contributed by atoms with van der Waals surface area (Å²) in [5, 5.41) is 2.65. The van der Waals surface area contributed by atoms with Crippen LogP contribution in [0.2, 0.25) is 5.02 Å². The lowest BCUT2D eigenvalue weighted by atomic mass is 10.1. The molecule has 0 radical (unpaired) electrons. The smallest absolute Gasteiger partial charge is 0.265 e. The number of primary amides is 1. The first-order valence-corrected chi connectivity index (χ1v) is 8.91. The van der Waals surface area contributed by atoms with Gasteiger partial charge in [-0.1, -0.05) is 48.0 Å². The van der Waals surface area contributed by atoms with E-state index in [2.05, 4.69) is 5.32 Å². The zero-order chi connectivity index (χ0) is 20.8. The molecule has 0 saturated carbocycles. The molecule has 0 aliphatic carbocycles. The fraction of sp³-hybridized carbons (Fsp3) is 0. The normalized spacial score (nSPS) is 11.0. The maximum Gasteiger partial charge on any atom is 0.265 e. The molecule has 0 spiro atoms. The van der Waals surface area contributed by atoms with Crippen LogP contribution in [-0.4, -0.2) is 11.8 Å². The van der Waals surface area contributed by atoms with Crippen LogP contribution >= 0.6 is 11.6 Å². The summed E-state index contributed by atoms with van der Waals surface area (Å²) in [5.41, 5.74) is 6.28. The molecule has 146 valence electrons. The minimum Gasteiger partial charge on any atom is -0.453 e. The molecule has 0 bridgehead atoms. The number of carbonyl (C=O) groups is 2. The summed E-state index contributed by atoms with van der Waals surface area (Å²) in [4.78, 5) is 24.0. The topological polar surface area (TPSA) is 81.4 Å². The van der Waals surface area contributed by atoms with Crippen LogP contribution in [0.15, 0.2) is 78.5 Å². The Kier molecular flexibility index (Phi) is 6.26. The highest BCUT2D eigenvalue weighted by molar-refractivity contribution is 6.32. The fourth-order valence-electron chi connectivity index (χ4n) is 2.45. The molecule has 0 fully saturated rings. The number of halogens is 2. The fourth-order valence-corrected chi connectivity index (χ4v) is 2.65. The van der Waals surface area contributed by atoms with Gasteiger partial charge in [0, 0.05) is 5.56 Å². The van der Waals surface area contributed by atoms with Gasteiger partial charge in [-0.05, 0) is 48.0 Å². The quantitative estimate of drug-likeness (QED) is 0.586. The van der Waals surface area contributed by atoms with Gasteiger partial charge in [0.05, 0.1) is 5.02 Å². The zero-order valence-corrected chi connectivity index (χ0v) is 15.8. The van der Waals surface area contributed by atoms with Crippen molar-refractivity contribution in [2.24, 2.45) is 5.73 Å². The number of hydrogen-bond donors (Lipinski definition) is 2. The molecule has 3 rings (SSSR count). The first-order chi connectivity index (χ1) is 13.9. The number of benzene rings is 3. The Morgan fingerprint density at radius 1 is 0.966 bits per heavy atom. The molecule has 2 amide bonds. The van der Waals surface area contributed by atoms with Crippen molar-refractivity contribution in [3.05, 3.63) is 100 Å². The molecule has 0 aromatic heterocycles. The van der Waals surface area contributed by atoms with Crippen molar-refractivity contribution in [3.8, 4) is 11.5 Å². The lowest BCUT2D eigenvalue weighted by Gasteiger charge is -2.09. The minimum atomic E-state index is -0.784. The molecular formula is C22H16ClFN2O3. The minimum absolute atomic E-state index is 0.0651. The highest BCUT2D eigenvalue weighted by Crippen LogP contribution is 2.32. The summed E-state index contributed by atoms with van der Waals surface area (Å²) in [6.07, 6.45) is 1.43. The van der Waals surface area contributed by atoms with Gasteiger partial charge in [-0.15, -0.1) is 0 Å². The lowest BCUT2D eigenvalue weighted by molar-refractivity contribution is -0.114. The van der Waals surface area contributed by atoms with Gasteiger partial charge in [0.15, 0.2) is 11.6 Å². The van der Waals surface area contributed by atoms with Crippen molar-refractivity contribution in [2.75, 3.05) is 0 Å². The molecule has 0 atom stereocenters.